The Labute approximate surface area is 181 Å². The van der Waals surface area contributed by atoms with E-state index in [-0.39, 0.29) is 0 Å². The van der Waals surface area contributed by atoms with Crippen molar-refractivity contribution in [1.29, 1.82) is 0 Å². The molecule has 2 aromatic heterocycles. The third-order valence-corrected chi connectivity index (χ3v) is 6.05. The van der Waals surface area contributed by atoms with E-state index in [1.807, 2.05) is 0 Å². The minimum Gasteiger partial charge on any atom is -0.497 e. The Balaban J connectivity index is 1.93. The van der Waals surface area contributed by atoms with E-state index in [9.17, 15) is 0 Å². The number of pyridine rings is 1. The van der Waals surface area contributed by atoms with Crippen molar-refractivity contribution in [3.8, 4) is 28.1 Å². The van der Waals surface area contributed by atoms with Gasteiger partial charge in [-0.15, -0.1) is 0 Å². The summed E-state index contributed by atoms with van der Waals surface area (Å²) in [5.41, 5.74) is 7.22. The van der Waals surface area contributed by atoms with Crippen LogP contribution in [0.1, 0.15) is 0 Å². The van der Waals surface area contributed by atoms with E-state index >= 15 is 0 Å². The molecule has 2 heterocycles. The highest BCUT2D eigenvalue weighted by atomic mass is 16.5. The molecule has 0 bridgehead atoms. The molecular weight excluding hydrogens is 378 g/mol. The first kappa shape index (κ1) is 17.8. The highest BCUT2D eigenvalue weighted by Gasteiger charge is 2.20. The number of aromatic nitrogens is 1. The molecular formula is C29H21NO. The molecule has 4 aromatic carbocycles. The molecule has 0 spiro atoms. The number of ether oxygens (including phenoxy) is 1. The summed E-state index contributed by atoms with van der Waals surface area (Å²) < 4.78 is 8.04. The molecule has 6 rings (SSSR count). The molecule has 0 radical (unpaired) electrons. The van der Waals surface area contributed by atoms with Gasteiger partial charge in [0.2, 0.25) is 0 Å². The van der Waals surface area contributed by atoms with Crippen molar-refractivity contribution in [2.24, 2.45) is 0 Å². The first-order valence-corrected chi connectivity index (χ1v) is 10.5. The van der Waals surface area contributed by atoms with Crippen molar-refractivity contribution in [2.45, 2.75) is 0 Å². The van der Waals surface area contributed by atoms with Gasteiger partial charge in [0.25, 0.3) is 0 Å². The van der Waals surface area contributed by atoms with Gasteiger partial charge in [-0.25, -0.2) is 0 Å². The van der Waals surface area contributed by atoms with Crippen LogP contribution in [0.2, 0.25) is 0 Å². The summed E-state index contributed by atoms with van der Waals surface area (Å²) in [7, 11) is 1.73. The number of rotatable bonds is 3. The average Bonchev–Trinajstić information content (AvgIpc) is 3.23. The fourth-order valence-corrected chi connectivity index (χ4v) is 4.68. The standard InChI is InChI=1S/C29H21NO/c1-31-23-16-17-24-25(19-23)28(20-10-4-2-5-11-20)29(21-12-6-3-7-13-21)30-26-15-9-8-14-22(26)18-27(24)30/h2-19H,1H3. The molecule has 2 heteroatoms. The van der Waals surface area contributed by atoms with Crippen LogP contribution < -0.4 is 4.74 Å². The predicted molar refractivity (Wildman–Crippen MR) is 130 cm³/mol. The second kappa shape index (κ2) is 7.03. The summed E-state index contributed by atoms with van der Waals surface area (Å²) in [4.78, 5) is 0. The van der Waals surface area contributed by atoms with Gasteiger partial charge in [-0.2, -0.15) is 0 Å². The Morgan fingerprint density at radius 2 is 1.26 bits per heavy atom. The van der Waals surface area contributed by atoms with Crippen LogP contribution in [0.3, 0.4) is 0 Å². The molecule has 0 atom stereocenters. The molecule has 0 saturated carbocycles. The van der Waals surface area contributed by atoms with E-state index in [1.54, 1.807) is 7.11 Å². The number of hydrogen-bond acceptors (Lipinski definition) is 1. The molecule has 148 valence electrons. The molecule has 0 saturated heterocycles. The minimum atomic E-state index is 0.865. The van der Waals surface area contributed by atoms with Gasteiger partial charge in [-0.05, 0) is 46.8 Å². The summed E-state index contributed by atoms with van der Waals surface area (Å²) in [6.45, 7) is 0. The molecule has 0 N–H and O–H groups in total. The fraction of sp³-hybridized carbons (Fsp3) is 0.0345. The predicted octanol–water partition coefficient (Wildman–Crippen LogP) is 7.59. The van der Waals surface area contributed by atoms with Crippen molar-refractivity contribution in [2.75, 3.05) is 7.11 Å². The zero-order valence-corrected chi connectivity index (χ0v) is 17.2. The lowest BCUT2D eigenvalue weighted by Crippen LogP contribution is -1.98. The highest BCUT2D eigenvalue weighted by Crippen LogP contribution is 2.43. The maximum Gasteiger partial charge on any atom is 0.119 e. The lowest BCUT2D eigenvalue weighted by atomic mass is 9.93. The van der Waals surface area contributed by atoms with Gasteiger partial charge < -0.3 is 9.14 Å². The Hall–Kier alpha value is -4.04. The largest absolute Gasteiger partial charge is 0.497 e. The van der Waals surface area contributed by atoms with Crippen LogP contribution in [0.4, 0.5) is 0 Å². The van der Waals surface area contributed by atoms with Crippen LogP contribution in [-0.2, 0) is 0 Å². The third-order valence-electron chi connectivity index (χ3n) is 6.05. The van der Waals surface area contributed by atoms with Gasteiger partial charge >= 0.3 is 0 Å². The smallest absolute Gasteiger partial charge is 0.119 e. The molecule has 6 aromatic rings. The summed E-state index contributed by atoms with van der Waals surface area (Å²) in [5.74, 6) is 0.865. The molecule has 0 aliphatic rings. The summed E-state index contributed by atoms with van der Waals surface area (Å²) in [5, 5.41) is 3.65. The Bertz CT molecular complexity index is 1550. The van der Waals surface area contributed by atoms with E-state index < -0.39 is 0 Å². The van der Waals surface area contributed by atoms with Crippen LogP contribution in [0.15, 0.2) is 109 Å². The van der Waals surface area contributed by atoms with Crippen molar-refractivity contribution < 1.29 is 4.74 Å². The molecule has 31 heavy (non-hydrogen) atoms. The maximum atomic E-state index is 5.62. The summed E-state index contributed by atoms with van der Waals surface area (Å²) in [6.07, 6.45) is 0. The quantitative estimate of drug-likeness (QED) is 0.299. The van der Waals surface area contributed by atoms with Crippen LogP contribution in [0.25, 0.3) is 49.6 Å². The van der Waals surface area contributed by atoms with E-state index in [1.165, 1.54) is 49.6 Å². The number of fused-ring (bicyclic) bond motifs is 5. The summed E-state index contributed by atoms with van der Waals surface area (Å²) in [6, 6.07) is 38.7. The first-order chi connectivity index (χ1) is 15.3. The maximum absolute atomic E-state index is 5.62. The van der Waals surface area contributed by atoms with E-state index in [4.69, 9.17) is 4.74 Å². The van der Waals surface area contributed by atoms with E-state index in [2.05, 4.69) is 114 Å². The van der Waals surface area contributed by atoms with Crippen molar-refractivity contribution in [1.82, 2.24) is 4.40 Å². The molecule has 0 unspecified atom stereocenters. The zero-order valence-electron chi connectivity index (χ0n) is 17.2. The second-order valence-corrected chi connectivity index (χ2v) is 7.79. The minimum absolute atomic E-state index is 0.865. The fourth-order valence-electron chi connectivity index (χ4n) is 4.68. The van der Waals surface area contributed by atoms with Gasteiger partial charge in [0, 0.05) is 16.3 Å². The van der Waals surface area contributed by atoms with E-state index in [0.717, 1.165) is 5.75 Å². The van der Waals surface area contributed by atoms with Gasteiger partial charge in [0.1, 0.15) is 5.75 Å². The number of para-hydroxylation sites is 1. The normalized spacial score (nSPS) is 11.4. The molecule has 0 fully saturated rings. The first-order valence-electron chi connectivity index (χ1n) is 10.5. The van der Waals surface area contributed by atoms with Crippen LogP contribution in [-0.4, -0.2) is 11.5 Å². The Kier molecular flexibility index (Phi) is 4.03. The summed E-state index contributed by atoms with van der Waals surface area (Å²) >= 11 is 0. The number of nitrogens with zero attached hydrogens (tertiary/aromatic N) is 1. The van der Waals surface area contributed by atoms with E-state index in [0.29, 0.717) is 0 Å². The SMILES string of the molecule is COc1ccc2c(c1)c(-c1ccccc1)c(-c1ccccc1)n1c3ccccc3cc21. The lowest BCUT2D eigenvalue weighted by Gasteiger charge is -2.19. The number of hydrogen-bond donors (Lipinski definition) is 0. The molecule has 0 amide bonds. The van der Waals surface area contributed by atoms with Gasteiger partial charge in [0.15, 0.2) is 0 Å². The zero-order chi connectivity index (χ0) is 20.8. The molecule has 0 aliphatic heterocycles. The molecule has 0 aliphatic carbocycles. The van der Waals surface area contributed by atoms with Crippen LogP contribution in [0.5, 0.6) is 5.75 Å². The van der Waals surface area contributed by atoms with Gasteiger partial charge in [0.05, 0.1) is 23.8 Å². The van der Waals surface area contributed by atoms with Crippen molar-refractivity contribution >= 4 is 27.2 Å². The van der Waals surface area contributed by atoms with Crippen LogP contribution >= 0.6 is 0 Å². The molecule has 2 nitrogen and oxygen atoms in total. The van der Waals surface area contributed by atoms with Gasteiger partial charge in [-0.1, -0.05) is 78.9 Å². The van der Waals surface area contributed by atoms with Crippen molar-refractivity contribution in [3.63, 3.8) is 0 Å². The number of benzene rings is 4. The third kappa shape index (κ3) is 2.72. The van der Waals surface area contributed by atoms with Crippen molar-refractivity contribution in [3.05, 3.63) is 109 Å². The topological polar surface area (TPSA) is 13.6 Å². The Morgan fingerprint density at radius 1 is 0.581 bits per heavy atom. The second-order valence-electron chi connectivity index (χ2n) is 7.79. The average molecular weight is 399 g/mol. The lowest BCUT2D eigenvalue weighted by molar-refractivity contribution is 0.415. The number of methoxy groups -OCH3 is 1. The monoisotopic (exact) mass is 399 g/mol. The van der Waals surface area contributed by atoms with Gasteiger partial charge in [-0.3, -0.25) is 0 Å². The highest BCUT2D eigenvalue weighted by molar-refractivity contribution is 6.13. The Morgan fingerprint density at radius 3 is 2.00 bits per heavy atom. The van der Waals surface area contributed by atoms with Crippen LogP contribution in [0, 0.1) is 0 Å².